The highest BCUT2D eigenvalue weighted by Crippen LogP contribution is 2.32. The van der Waals surface area contributed by atoms with E-state index in [1.807, 2.05) is 38.1 Å². The molecular weight excluding hydrogens is 376 g/mol. The Kier molecular flexibility index (Phi) is 6.25. The van der Waals surface area contributed by atoms with Gasteiger partial charge in [-0.15, -0.1) is 0 Å². The van der Waals surface area contributed by atoms with Gasteiger partial charge < -0.3 is 15.0 Å². The molecule has 1 heterocycles. The van der Waals surface area contributed by atoms with E-state index in [2.05, 4.69) is 5.32 Å². The number of hydrogen-bond donors (Lipinski definition) is 1. The maximum atomic E-state index is 12.9. The molecule has 1 aliphatic rings. The third kappa shape index (κ3) is 4.47. The van der Waals surface area contributed by atoms with Crippen LogP contribution in [0.2, 0.25) is 5.02 Å². The summed E-state index contributed by atoms with van der Waals surface area (Å²) >= 11 is 6.14. The molecule has 0 bridgehead atoms. The summed E-state index contributed by atoms with van der Waals surface area (Å²) < 4.78 is 5.33. The van der Waals surface area contributed by atoms with Crippen LogP contribution in [-0.2, 0) is 4.79 Å². The van der Waals surface area contributed by atoms with Crippen LogP contribution in [-0.4, -0.2) is 36.9 Å². The van der Waals surface area contributed by atoms with Crippen LogP contribution in [0, 0.1) is 19.8 Å². The lowest BCUT2D eigenvalue weighted by atomic mass is 9.96. The molecule has 0 saturated carbocycles. The first kappa shape index (κ1) is 20.2. The van der Waals surface area contributed by atoms with E-state index in [0.717, 1.165) is 24.0 Å². The number of anilines is 1. The predicted octanol–water partition coefficient (Wildman–Crippen LogP) is 4.46. The standard InChI is InChI=1S/C22H25ClN2O3/c1-14-6-4-7-16(10-14)22(27)25-9-5-8-17(13-25)21(26)24-19-11-15(2)18(23)12-20(19)28-3/h4,6-7,10-12,17H,5,8-9,13H2,1-3H3,(H,24,26)/t17-/m1/s1. The number of piperidine rings is 1. The van der Waals surface area contributed by atoms with E-state index in [1.54, 1.807) is 24.1 Å². The first-order valence-corrected chi connectivity index (χ1v) is 9.77. The number of rotatable bonds is 4. The van der Waals surface area contributed by atoms with Gasteiger partial charge in [-0.25, -0.2) is 0 Å². The largest absolute Gasteiger partial charge is 0.495 e. The van der Waals surface area contributed by atoms with E-state index >= 15 is 0 Å². The molecule has 148 valence electrons. The molecule has 1 saturated heterocycles. The zero-order valence-electron chi connectivity index (χ0n) is 16.4. The summed E-state index contributed by atoms with van der Waals surface area (Å²) in [5.41, 5.74) is 3.16. The average molecular weight is 401 g/mol. The van der Waals surface area contributed by atoms with Gasteiger partial charge in [0.1, 0.15) is 5.75 Å². The molecule has 28 heavy (non-hydrogen) atoms. The number of benzene rings is 2. The van der Waals surface area contributed by atoms with Crippen LogP contribution in [0.25, 0.3) is 0 Å². The lowest BCUT2D eigenvalue weighted by Gasteiger charge is -2.32. The summed E-state index contributed by atoms with van der Waals surface area (Å²) in [6, 6.07) is 11.0. The van der Waals surface area contributed by atoms with Crippen molar-refractivity contribution in [1.29, 1.82) is 0 Å². The summed E-state index contributed by atoms with van der Waals surface area (Å²) in [5, 5.41) is 3.53. The number of nitrogens with zero attached hydrogens (tertiary/aromatic N) is 1. The van der Waals surface area contributed by atoms with Crippen molar-refractivity contribution >= 4 is 29.1 Å². The van der Waals surface area contributed by atoms with Gasteiger partial charge in [-0.1, -0.05) is 29.3 Å². The van der Waals surface area contributed by atoms with Crippen molar-refractivity contribution < 1.29 is 14.3 Å². The molecule has 6 heteroatoms. The lowest BCUT2D eigenvalue weighted by Crippen LogP contribution is -2.43. The fourth-order valence-corrected chi connectivity index (χ4v) is 3.65. The Morgan fingerprint density at radius 1 is 1.21 bits per heavy atom. The van der Waals surface area contributed by atoms with E-state index in [0.29, 0.717) is 35.1 Å². The smallest absolute Gasteiger partial charge is 0.253 e. The molecule has 0 aromatic heterocycles. The molecule has 3 rings (SSSR count). The highest BCUT2D eigenvalue weighted by molar-refractivity contribution is 6.31. The number of hydrogen-bond acceptors (Lipinski definition) is 3. The zero-order chi connectivity index (χ0) is 20.3. The first-order valence-electron chi connectivity index (χ1n) is 9.40. The van der Waals surface area contributed by atoms with Crippen LogP contribution in [0.5, 0.6) is 5.75 Å². The monoisotopic (exact) mass is 400 g/mol. The van der Waals surface area contributed by atoms with Gasteiger partial charge in [-0.3, -0.25) is 9.59 Å². The average Bonchev–Trinajstić information content (AvgIpc) is 2.70. The Morgan fingerprint density at radius 2 is 2.00 bits per heavy atom. The Morgan fingerprint density at radius 3 is 2.71 bits per heavy atom. The molecule has 2 amide bonds. The first-order chi connectivity index (χ1) is 13.4. The minimum Gasteiger partial charge on any atom is -0.495 e. The molecule has 0 unspecified atom stereocenters. The predicted molar refractivity (Wildman–Crippen MR) is 111 cm³/mol. The van der Waals surface area contributed by atoms with E-state index in [-0.39, 0.29) is 17.7 Å². The van der Waals surface area contributed by atoms with Gasteiger partial charge in [0.15, 0.2) is 0 Å². The number of carbonyl (C=O) groups excluding carboxylic acids is 2. The van der Waals surface area contributed by atoms with Gasteiger partial charge in [0.2, 0.25) is 5.91 Å². The van der Waals surface area contributed by atoms with Crippen LogP contribution in [0.3, 0.4) is 0 Å². The number of carbonyl (C=O) groups is 2. The molecule has 1 aliphatic heterocycles. The summed E-state index contributed by atoms with van der Waals surface area (Å²) in [4.78, 5) is 27.4. The van der Waals surface area contributed by atoms with Crippen LogP contribution >= 0.6 is 11.6 Å². The summed E-state index contributed by atoms with van der Waals surface area (Å²) in [7, 11) is 1.54. The number of halogens is 1. The Hall–Kier alpha value is -2.53. The van der Waals surface area contributed by atoms with Crippen molar-refractivity contribution in [2.75, 3.05) is 25.5 Å². The summed E-state index contributed by atoms with van der Waals surface area (Å²) in [5.74, 6) is 0.124. The topological polar surface area (TPSA) is 58.6 Å². The van der Waals surface area contributed by atoms with Gasteiger partial charge in [0.25, 0.3) is 5.91 Å². The number of likely N-dealkylation sites (tertiary alicyclic amines) is 1. The van der Waals surface area contributed by atoms with E-state index in [4.69, 9.17) is 16.3 Å². The van der Waals surface area contributed by atoms with Gasteiger partial charge in [0.05, 0.1) is 18.7 Å². The van der Waals surface area contributed by atoms with Gasteiger partial charge in [-0.05, 0) is 50.5 Å². The number of amides is 2. The SMILES string of the molecule is COc1cc(Cl)c(C)cc1NC(=O)[C@@H]1CCCN(C(=O)c2cccc(C)c2)C1. The minimum absolute atomic E-state index is 0.0267. The molecule has 2 aromatic carbocycles. The third-order valence-electron chi connectivity index (χ3n) is 5.08. The number of nitrogens with one attached hydrogen (secondary N) is 1. The molecule has 1 fully saturated rings. The Bertz CT molecular complexity index is 897. The molecule has 2 aromatic rings. The minimum atomic E-state index is -0.261. The van der Waals surface area contributed by atoms with Crippen LogP contribution in [0.1, 0.15) is 34.3 Å². The van der Waals surface area contributed by atoms with Crippen molar-refractivity contribution in [3.05, 3.63) is 58.1 Å². The fourth-order valence-electron chi connectivity index (χ4n) is 3.50. The van der Waals surface area contributed by atoms with Gasteiger partial charge in [-0.2, -0.15) is 0 Å². The molecule has 0 aliphatic carbocycles. The van der Waals surface area contributed by atoms with Crippen LogP contribution < -0.4 is 10.1 Å². The van der Waals surface area contributed by atoms with Crippen LogP contribution in [0.15, 0.2) is 36.4 Å². The van der Waals surface area contributed by atoms with Crippen molar-refractivity contribution in [3.8, 4) is 5.75 Å². The molecule has 0 radical (unpaired) electrons. The number of ether oxygens (including phenoxy) is 1. The molecule has 5 nitrogen and oxygen atoms in total. The van der Waals surface area contributed by atoms with Gasteiger partial charge in [0, 0.05) is 29.7 Å². The van der Waals surface area contributed by atoms with Crippen molar-refractivity contribution in [3.63, 3.8) is 0 Å². The molecule has 1 N–H and O–H groups in total. The fraction of sp³-hybridized carbons (Fsp3) is 0.364. The Labute approximate surface area is 170 Å². The second-order valence-corrected chi connectivity index (χ2v) is 7.66. The summed E-state index contributed by atoms with van der Waals surface area (Å²) in [6.07, 6.45) is 1.55. The molecule has 0 spiro atoms. The maximum absolute atomic E-state index is 12.9. The highest BCUT2D eigenvalue weighted by Gasteiger charge is 2.29. The number of aryl methyl sites for hydroxylation is 2. The van der Waals surface area contributed by atoms with E-state index in [1.165, 1.54) is 0 Å². The highest BCUT2D eigenvalue weighted by atomic mass is 35.5. The van der Waals surface area contributed by atoms with Gasteiger partial charge >= 0.3 is 0 Å². The quantitative estimate of drug-likeness (QED) is 0.824. The maximum Gasteiger partial charge on any atom is 0.253 e. The van der Waals surface area contributed by atoms with Crippen molar-refractivity contribution in [2.45, 2.75) is 26.7 Å². The number of methoxy groups -OCH3 is 1. The second-order valence-electron chi connectivity index (χ2n) is 7.25. The summed E-state index contributed by atoms with van der Waals surface area (Å²) in [6.45, 7) is 4.92. The van der Waals surface area contributed by atoms with Crippen molar-refractivity contribution in [1.82, 2.24) is 4.90 Å². The third-order valence-corrected chi connectivity index (χ3v) is 5.49. The van der Waals surface area contributed by atoms with Crippen molar-refractivity contribution in [2.24, 2.45) is 5.92 Å². The zero-order valence-corrected chi connectivity index (χ0v) is 17.2. The van der Waals surface area contributed by atoms with E-state index in [9.17, 15) is 9.59 Å². The molecule has 1 atom stereocenters. The van der Waals surface area contributed by atoms with Crippen LogP contribution in [0.4, 0.5) is 5.69 Å². The van der Waals surface area contributed by atoms with E-state index < -0.39 is 0 Å². The molecular formula is C22H25ClN2O3. The lowest BCUT2D eigenvalue weighted by molar-refractivity contribution is -0.121. The second kappa shape index (κ2) is 8.65. The normalized spacial score (nSPS) is 16.6. The Balaban J connectivity index is 1.71.